The van der Waals surface area contributed by atoms with Crippen molar-refractivity contribution in [2.45, 2.75) is 25.9 Å². The Morgan fingerprint density at radius 3 is 3.06 bits per heavy atom. The topological polar surface area (TPSA) is 39.7 Å². The predicted molar refractivity (Wildman–Crippen MR) is 70.2 cm³/mol. The van der Waals surface area contributed by atoms with Crippen LogP contribution < -0.4 is 19.5 Å². The quantitative estimate of drug-likeness (QED) is 0.786. The van der Waals surface area contributed by atoms with E-state index in [-0.39, 0.29) is 6.79 Å². The van der Waals surface area contributed by atoms with E-state index >= 15 is 0 Å². The number of methoxy groups -OCH3 is 1. The summed E-state index contributed by atoms with van der Waals surface area (Å²) in [5.74, 6) is 2.17. The van der Waals surface area contributed by atoms with Crippen molar-refractivity contribution in [2.75, 3.05) is 13.9 Å². The molecule has 0 radical (unpaired) electrons. The molecular weight excluding hydrogens is 230 g/mol. The molecule has 1 aliphatic rings. The standard InChI is InChI=1S/C14H19NO3/c1-4-5-10(2)15-8-11-6-12(16-3)14-13(7-11)17-9-18-14/h4,6-7,10,15H,1,5,8-9H2,2-3H3. The molecule has 0 aromatic heterocycles. The van der Waals surface area contributed by atoms with E-state index in [1.165, 1.54) is 0 Å². The minimum Gasteiger partial charge on any atom is -0.493 e. The fraction of sp³-hybridized carbons (Fsp3) is 0.429. The Morgan fingerprint density at radius 1 is 1.50 bits per heavy atom. The highest BCUT2D eigenvalue weighted by atomic mass is 16.7. The van der Waals surface area contributed by atoms with Crippen LogP contribution in [0.4, 0.5) is 0 Å². The molecule has 4 nitrogen and oxygen atoms in total. The fourth-order valence-electron chi connectivity index (χ4n) is 1.91. The SMILES string of the molecule is C=CCC(C)NCc1cc(OC)c2c(c1)OCO2. The summed E-state index contributed by atoms with van der Waals surface area (Å²) in [5, 5.41) is 3.42. The fourth-order valence-corrected chi connectivity index (χ4v) is 1.91. The van der Waals surface area contributed by atoms with Gasteiger partial charge in [0.25, 0.3) is 0 Å². The monoisotopic (exact) mass is 249 g/mol. The lowest BCUT2D eigenvalue weighted by atomic mass is 10.1. The molecule has 1 heterocycles. The normalized spacial score (nSPS) is 14.3. The third-order valence-electron chi connectivity index (χ3n) is 2.89. The summed E-state index contributed by atoms with van der Waals surface area (Å²) in [5.41, 5.74) is 1.12. The van der Waals surface area contributed by atoms with Crippen molar-refractivity contribution >= 4 is 0 Å². The third kappa shape index (κ3) is 2.76. The summed E-state index contributed by atoms with van der Waals surface area (Å²) in [7, 11) is 1.63. The van der Waals surface area contributed by atoms with Crippen LogP contribution in [0.25, 0.3) is 0 Å². The van der Waals surface area contributed by atoms with Gasteiger partial charge in [-0.1, -0.05) is 6.08 Å². The van der Waals surface area contributed by atoms with Crippen molar-refractivity contribution in [2.24, 2.45) is 0 Å². The van der Waals surface area contributed by atoms with E-state index in [4.69, 9.17) is 14.2 Å². The molecule has 0 spiro atoms. The van der Waals surface area contributed by atoms with E-state index in [9.17, 15) is 0 Å². The molecular formula is C14H19NO3. The summed E-state index contributed by atoms with van der Waals surface area (Å²) < 4.78 is 16.1. The molecule has 0 amide bonds. The molecule has 1 aromatic rings. The van der Waals surface area contributed by atoms with Gasteiger partial charge in [-0.05, 0) is 31.0 Å². The average molecular weight is 249 g/mol. The highest BCUT2D eigenvalue weighted by Gasteiger charge is 2.19. The molecule has 2 rings (SSSR count). The van der Waals surface area contributed by atoms with Crippen molar-refractivity contribution in [3.8, 4) is 17.2 Å². The second kappa shape index (κ2) is 5.78. The van der Waals surface area contributed by atoms with Gasteiger partial charge in [0.05, 0.1) is 7.11 Å². The zero-order valence-corrected chi connectivity index (χ0v) is 10.9. The summed E-state index contributed by atoms with van der Waals surface area (Å²) in [6, 6.07) is 4.36. The molecule has 0 saturated carbocycles. The molecule has 1 N–H and O–H groups in total. The van der Waals surface area contributed by atoms with Crippen LogP contribution in [0, 0.1) is 0 Å². The minimum absolute atomic E-state index is 0.259. The molecule has 98 valence electrons. The van der Waals surface area contributed by atoms with Crippen LogP contribution in [0.15, 0.2) is 24.8 Å². The van der Waals surface area contributed by atoms with Crippen molar-refractivity contribution in [1.82, 2.24) is 5.32 Å². The lowest BCUT2D eigenvalue weighted by Gasteiger charge is -2.13. The summed E-state index contributed by atoms with van der Waals surface area (Å²) in [6.45, 7) is 6.89. The van der Waals surface area contributed by atoms with Gasteiger partial charge in [0.2, 0.25) is 12.5 Å². The number of rotatable bonds is 6. The molecule has 0 saturated heterocycles. The first-order valence-electron chi connectivity index (χ1n) is 6.05. The maximum atomic E-state index is 5.39. The molecule has 1 aromatic carbocycles. The molecule has 1 atom stereocenters. The van der Waals surface area contributed by atoms with Crippen molar-refractivity contribution < 1.29 is 14.2 Å². The Labute approximate surface area is 108 Å². The number of ether oxygens (including phenoxy) is 3. The minimum atomic E-state index is 0.259. The first-order valence-corrected chi connectivity index (χ1v) is 6.05. The Bertz CT molecular complexity index is 431. The van der Waals surface area contributed by atoms with Crippen LogP contribution in [-0.4, -0.2) is 19.9 Å². The highest BCUT2D eigenvalue weighted by Crippen LogP contribution is 2.41. The Balaban J connectivity index is 2.07. The molecule has 1 unspecified atom stereocenters. The average Bonchev–Trinajstić information content (AvgIpc) is 2.83. The molecule has 1 aliphatic heterocycles. The van der Waals surface area contributed by atoms with Gasteiger partial charge in [-0.2, -0.15) is 0 Å². The van der Waals surface area contributed by atoms with Crippen molar-refractivity contribution in [3.63, 3.8) is 0 Å². The largest absolute Gasteiger partial charge is 0.493 e. The maximum absolute atomic E-state index is 5.39. The number of hydrogen-bond donors (Lipinski definition) is 1. The second-order valence-electron chi connectivity index (χ2n) is 4.34. The van der Waals surface area contributed by atoms with E-state index in [0.717, 1.165) is 30.0 Å². The predicted octanol–water partition coefficient (Wildman–Crippen LogP) is 2.48. The van der Waals surface area contributed by atoms with Crippen LogP contribution >= 0.6 is 0 Å². The van der Waals surface area contributed by atoms with Gasteiger partial charge < -0.3 is 19.5 Å². The van der Waals surface area contributed by atoms with E-state index in [1.54, 1.807) is 7.11 Å². The van der Waals surface area contributed by atoms with Crippen molar-refractivity contribution in [1.29, 1.82) is 0 Å². The molecule has 0 aliphatic carbocycles. The zero-order valence-electron chi connectivity index (χ0n) is 10.9. The number of hydrogen-bond acceptors (Lipinski definition) is 4. The Morgan fingerprint density at radius 2 is 2.33 bits per heavy atom. The Hall–Kier alpha value is -1.68. The van der Waals surface area contributed by atoms with Gasteiger partial charge in [0.15, 0.2) is 11.5 Å². The molecule has 4 heteroatoms. The second-order valence-corrected chi connectivity index (χ2v) is 4.34. The zero-order chi connectivity index (χ0) is 13.0. The molecule has 0 fully saturated rings. The summed E-state index contributed by atoms with van der Waals surface area (Å²) >= 11 is 0. The van der Waals surface area contributed by atoms with Crippen molar-refractivity contribution in [3.05, 3.63) is 30.4 Å². The molecule has 18 heavy (non-hydrogen) atoms. The number of nitrogens with one attached hydrogen (secondary N) is 1. The van der Waals surface area contributed by atoms with Gasteiger partial charge in [0, 0.05) is 12.6 Å². The van der Waals surface area contributed by atoms with Gasteiger partial charge in [0.1, 0.15) is 0 Å². The van der Waals surface area contributed by atoms with E-state index in [1.807, 2.05) is 18.2 Å². The first-order chi connectivity index (χ1) is 8.74. The first kappa shape index (κ1) is 12.8. The Kier molecular flexibility index (Phi) is 4.10. The van der Waals surface area contributed by atoms with Gasteiger partial charge in [-0.15, -0.1) is 6.58 Å². The van der Waals surface area contributed by atoms with Gasteiger partial charge in [-0.3, -0.25) is 0 Å². The van der Waals surface area contributed by atoms with Crippen LogP contribution in [0.3, 0.4) is 0 Å². The van der Waals surface area contributed by atoms with E-state index in [0.29, 0.717) is 11.8 Å². The van der Waals surface area contributed by atoms with E-state index < -0.39 is 0 Å². The van der Waals surface area contributed by atoms with Gasteiger partial charge in [-0.25, -0.2) is 0 Å². The number of benzene rings is 1. The van der Waals surface area contributed by atoms with Crippen LogP contribution in [0.5, 0.6) is 17.2 Å². The van der Waals surface area contributed by atoms with Crippen LogP contribution in [0.2, 0.25) is 0 Å². The van der Waals surface area contributed by atoms with Gasteiger partial charge >= 0.3 is 0 Å². The lowest BCUT2D eigenvalue weighted by Crippen LogP contribution is -2.24. The van der Waals surface area contributed by atoms with Crippen LogP contribution in [0.1, 0.15) is 18.9 Å². The lowest BCUT2D eigenvalue weighted by molar-refractivity contribution is 0.171. The van der Waals surface area contributed by atoms with Crippen LogP contribution in [-0.2, 0) is 6.54 Å². The summed E-state index contributed by atoms with van der Waals surface area (Å²) in [6.07, 6.45) is 2.86. The highest BCUT2D eigenvalue weighted by molar-refractivity contribution is 5.55. The van der Waals surface area contributed by atoms with E-state index in [2.05, 4.69) is 18.8 Å². The smallest absolute Gasteiger partial charge is 0.231 e. The number of fused-ring (bicyclic) bond motifs is 1. The summed E-state index contributed by atoms with van der Waals surface area (Å²) in [4.78, 5) is 0. The maximum Gasteiger partial charge on any atom is 0.231 e. The third-order valence-corrected chi connectivity index (χ3v) is 2.89. The molecule has 0 bridgehead atoms.